The standard InChI is InChI=1S/C13H18FN/c1-13(2)8-11(9-15-13)7-10-3-5-12(14)6-4-10/h3-6,11,15H,7-9H2,1-2H3. The molecule has 1 unspecified atom stereocenters. The Hall–Kier alpha value is -0.890. The fourth-order valence-electron chi connectivity index (χ4n) is 2.38. The molecule has 0 radical (unpaired) electrons. The summed E-state index contributed by atoms with van der Waals surface area (Å²) >= 11 is 0. The summed E-state index contributed by atoms with van der Waals surface area (Å²) < 4.78 is 12.7. The summed E-state index contributed by atoms with van der Waals surface area (Å²) in [7, 11) is 0. The van der Waals surface area contributed by atoms with E-state index < -0.39 is 0 Å². The van der Waals surface area contributed by atoms with Crippen LogP contribution in [0.3, 0.4) is 0 Å². The molecule has 0 spiro atoms. The molecule has 15 heavy (non-hydrogen) atoms. The topological polar surface area (TPSA) is 12.0 Å². The van der Waals surface area contributed by atoms with Gasteiger partial charge in [0, 0.05) is 5.54 Å². The molecule has 1 aromatic carbocycles. The molecule has 1 heterocycles. The van der Waals surface area contributed by atoms with Gasteiger partial charge < -0.3 is 5.32 Å². The molecular formula is C13H18FN. The zero-order chi connectivity index (χ0) is 10.9. The molecule has 1 aliphatic heterocycles. The van der Waals surface area contributed by atoms with Crippen LogP contribution in [0.2, 0.25) is 0 Å². The number of halogens is 1. The van der Waals surface area contributed by atoms with Crippen molar-refractivity contribution in [3.63, 3.8) is 0 Å². The van der Waals surface area contributed by atoms with Crippen molar-refractivity contribution in [3.05, 3.63) is 35.6 Å². The van der Waals surface area contributed by atoms with E-state index in [0.717, 1.165) is 13.0 Å². The zero-order valence-corrected chi connectivity index (χ0v) is 9.39. The van der Waals surface area contributed by atoms with E-state index in [9.17, 15) is 4.39 Å². The van der Waals surface area contributed by atoms with E-state index >= 15 is 0 Å². The van der Waals surface area contributed by atoms with Crippen LogP contribution in [0, 0.1) is 11.7 Å². The normalized spacial score (nSPS) is 24.3. The fourth-order valence-corrected chi connectivity index (χ4v) is 2.38. The van der Waals surface area contributed by atoms with Crippen molar-refractivity contribution < 1.29 is 4.39 Å². The smallest absolute Gasteiger partial charge is 0.123 e. The molecule has 1 nitrogen and oxygen atoms in total. The largest absolute Gasteiger partial charge is 0.311 e. The van der Waals surface area contributed by atoms with E-state index in [1.165, 1.54) is 12.0 Å². The van der Waals surface area contributed by atoms with Crippen molar-refractivity contribution in [1.82, 2.24) is 5.32 Å². The minimum atomic E-state index is -0.149. The van der Waals surface area contributed by atoms with Gasteiger partial charge in [0.1, 0.15) is 5.82 Å². The molecule has 1 fully saturated rings. The van der Waals surface area contributed by atoms with Gasteiger partial charge in [-0.2, -0.15) is 0 Å². The van der Waals surface area contributed by atoms with Crippen molar-refractivity contribution in [3.8, 4) is 0 Å². The van der Waals surface area contributed by atoms with Crippen LogP contribution in [0.25, 0.3) is 0 Å². The van der Waals surface area contributed by atoms with Crippen LogP contribution in [0.5, 0.6) is 0 Å². The second kappa shape index (κ2) is 3.93. The molecule has 1 aromatic rings. The first kappa shape index (κ1) is 10.6. The Bertz CT molecular complexity index is 329. The Kier molecular flexibility index (Phi) is 2.79. The van der Waals surface area contributed by atoms with Crippen molar-refractivity contribution in [2.45, 2.75) is 32.2 Å². The summed E-state index contributed by atoms with van der Waals surface area (Å²) in [4.78, 5) is 0. The van der Waals surface area contributed by atoms with Gasteiger partial charge in [0.2, 0.25) is 0 Å². The summed E-state index contributed by atoms with van der Waals surface area (Å²) in [5.74, 6) is 0.536. The van der Waals surface area contributed by atoms with Crippen LogP contribution < -0.4 is 5.32 Å². The highest BCUT2D eigenvalue weighted by molar-refractivity contribution is 5.17. The van der Waals surface area contributed by atoms with Crippen molar-refractivity contribution in [1.29, 1.82) is 0 Å². The maximum absolute atomic E-state index is 12.7. The third-order valence-electron chi connectivity index (χ3n) is 3.11. The summed E-state index contributed by atoms with van der Waals surface area (Å²) in [5, 5.41) is 3.50. The monoisotopic (exact) mass is 207 g/mol. The minimum Gasteiger partial charge on any atom is -0.311 e. The first-order valence-electron chi connectivity index (χ1n) is 5.55. The molecule has 0 bridgehead atoms. The molecule has 1 N–H and O–H groups in total. The number of benzene rings is 1. The predicted molar refractivity (Wildman–Crippen MR) is 60.3 cm³/mol. The van der Waals surface area contributed by atoms with Crippen LogP contribution in [0.1, 0.15) is 25.8 Å². The van der Waals surface area contributed by atoms with Crippen molar-refractivity contribution >= 4 is 0 Å². The van der Waals surface area contributed by atoms with Crippen molar-refractivity contribution in [2.75, 3.05) is 6.54 Å². The van der Waals surface area contributed by atoms with Gasteiger partial charge in [0.25, 0.3) is 0 Å². The Balaban J connectivity index is 1.96. The van der Waals surface area contributed by atoms with E-state index in [0.29, 0.717) is 5.92 Å². The predicted octanol–water partition coefficient (Wildman–Crippen LogP) is 2.76. The Morgan fingerprint density at radius 1 is 1.33 bits per heavy atom. The Morgan fingerprint density at radius 2 is 2.00 bits per heavy atom. The van der Waals surface area contributed by atoms with Crippen LogP contribution >= 0.6 is 0 Å². The molecule has 0 aromatic heterocycles. The molecule has 0 aliphatic carbocycles. The maximum atomic E-state index is 12.7. The lowest BCUT2D eigenvalue weighted by Gasteiger charge is -2.17. The van der Waals surface area contributed by atoms with Crippen LogP contribution in [0.4, 0.5) is 4.39 Å². The van der Waals surface area contributed by atoms with Gasteiger partial charge >= 0.3 is 0 Å². The lowest BCUT2D eigenvalue weighted by atomic mass is 9.92. The molecule has 1 aliphatic rings. The number of nitrogens with one attached hydrogen (secondary N) is 1. The Labute approximate surface area is 90.7 Å². The molecular weight excluding hydrogens is 189 g/mol. The second-order valence-electron chi connectivity index (χ2n) is 5.17. The van der Waals surface area contributed by atoms with Gasteiger partial charge in [-0.1, -0.05) is 12.1 Å². The fraction of sp³-hybridized carbons (Fsp3) is 0.538. The lowest BCUT2D eigenvalue weighted by Crippen LogP contribution is -2.31. The highest BCUT2D eigenvalue weighted by atomic mass is 19.1. The zero-order valence-electron chi connectivity index (χ0n) is 9.39. The molecule has 82 valence electrons. The minimum absolute atomic E-state index is 0.149. The molecule has 2 rings (SSSR count). The summed E-state index contributed by atoms with van der Waals surface area (Å²) in [6, 6.07) is 6.87. The summed E-state index contributed by atoms with van der Waals surface area (Å²) in [5.41, 5.74) is 1.51. The average molecular weight is 207 g/mol. The Morgan fingerprint density at radius 3 is 2.53 bits per heavy atom. The van der Waals surface area contributed by atoms with Gasteiger partial charge in [-0.05, 0) is 56.8 Å². The maximum Gasteiger partial charge on any atom is 0.123 e. The van der Waals surface area contributed by atoms with Gasteiger partial charge in [-0.3, -0.25) is 0 Å². The third kappa shape index (κ3) is 2.78. The molecule has 0 amide bonds. The van der Waals surface area contributed by atoms with Gasteiger partial charge in [0.15, 0.2) is 0 Å². The SMILES string of the molecule is CC1(C)CC(Cc2ccc(F)cc2)CN1. The second-order valence-corrected chi connectivity index (χ2v) is 5.17. The van der Waals surface area contributed by atoms with Crippen molar-refractivity contribution in [2.24, 2.45) is 5.92 Å². The first-order valence-corrected chi connectivity index (χ1v) is 5.55. The van der Waals surface area contributed by atoms with Crippen LogP contribution in [0.15, 0.2) is 24.3 Å². The number of hydrogen-bond donors (Lipinski definition) is 1. The van der Waals surface area contributed by atoms with Crippen LogP contribution in [-0.2, 0) is 6.42 Å². The van der Waals surface area contributed by atoms with E-state index in [1.54, 1.807) is 12.1 Å². The molecule has 2 heteroatoms. The highest BCUT2D eigenvalue weighted by Crippen LogP contribution is 2.26. The number of rotatable bonds is 2. The summed E-state index contributed by atoms with van der Waals surface area (Å²) in [6.07, 6.45) is 2.25. The molecule has 1 saturated heterocycles. The van der Waals surface area contributed by atoms with Gasteiger partial charge in [-0.25, -0.2) is 4.39 Å². The van der Waals surface area contributed by atoms with E-state index in [-0.39, 0.29) is 11.4 Å². The third-order valence-corrected chi connectivity index (χ3v) is 3.11. The molecule has 0 saturated carbocycles. The van der Waals surface area contributed by atoms with Gasteiger partial charge in [0.05, 0.1) is 0 Å². The quantitative estimate of drug-likeness (QED) is 0.786. The van der Waals surface area contributed by atoms with E-state index in [4.69, 9.17) is 0 Å². The summed E-state index contributed by atoms with van der Waals surface area (Å²) in [6.45, 7) is 5.54. The lowest BCUT2D eigenvalue weighted by molar-refractivity contribution is 0.440. The van der Waals surface area contributed by atoms with E-state index in [2.05, 4.69) is 19.2 Å². The first-order chi connectivity index (χ1) is 7.05. The molecule has 1 atom stereocenters. The average Bonchev–Trinajstić information content (AvgIpc) is 2.50. The van der Waals surface area contributed by atoms with Crippen LogP contribution in [-0.4, -0.2) is 12.1 Å². The van der Waals surface area contributed by atoms with E-state index in [1.807, 2.05) is 12.1 Å². The number of hydrogen-bond acceptors (Lipinski definition) is 1. The van der Waals surface area contributed by atoms with Gasteiger partial charge in [-0.15, -0.1) is 0 Å². The highest BCUT2D eigenvalue weighted by Gasteiger charge is 2.29.